The number of carboxylic acids is 1. The number of thioether (sulfide) groups is 1. The Morgan fingerprint density at radius 1 is 1.06 bits per heavy atom. The molecule has 1 saturated heterocycles. The third kappa shape index (κ3) is 6.66. The van der Waals surface area contributed by atoms with Crippen LogP contribution >= 0.6 is 11.8 Å². The van der Waals surface area contributed by atoms with E-state index in [-0.39, 0.29) is 41.8 Å². The van der Waals surface area contributed by atoms with Gasteiger partial charge >= 0.3 is 5.97 Å². The highest BCUT2D eigenvalue weighted by Crippen LogP contribution is 2.29. The Bertz CT molecular complexity index is 1080. The minimum atomic E-state index is -3.87. The number of carbonyl (C=O) groups is 3. The van der Waals surface area contributed by atoms with Crippen molar-refractivity contribution in [2.45, 2.75) is 30.2 Å². The van der Waals surface area contributed by atoms with Crippen LogP contribution in [0.25, 0.3) is 0 Å². The summed E-state index contributed by atoms with van der Waals surface area (Å²) in [7, 11) is -3.87. The fourth-order valence-corrected chi connectivity index (χ4v) is 6.73. The van der Waals surface area contributed by atoms with Crippen LogP contribution in [0.3, 0.4) is 0 Å². The number of aliphatic carboxylic acids is 1. The maximum atomic E-state index is 13.0. The second kappa shape index (κ2) is 11.4. The van der Waals surface area contributed by atoms with Crippen LogP contribution in [0.15, 0.2) is 65.6 Å². The summed E-state index contributed by atoms with van der Waals surface area (Å²) in [5.74, 6) is -2.73. The number of ketones is 1. The molecule has 3 rings (SSSR count). The van der Waals surface area contributed by atoms with E-state index >= 15 is 0 Å². The molecule has 10 heteroatoms. The molecule has 1 fully saturated rings. The molecule has 2 N–H and O–H groups in total. The zero-order valence-corrected chi connectivity index (χ0v) is 19.6. The van der Waals surface area contributed by atoms with Crippen molar-refractivity contribution < 1.29 is 27.9 Å². The van der Waals surface area contributed by atoms with Gasteiger partial charge in [-0.3, -0.25) is 14.4 Å². The zero-order valence-electron chi connectivity index (χ0n) is 17.9. The quantitative estimate of drug-likeness (QED) is 0.495. The number of benzene rings is 2. The van der Waals surface area contributed by atoms with Crippen LogP contribution in [0, 0.1) is 5.92 Å². The Hall–Kier alpha value is -2.69. The average Bonchev–Trinajstić information content (AvgIpc) is 3.32. The molecule has 1 aliphatic heterocycles. The van der Waals surface area contributed by atoms with Gasteiger partial charge in [-0.1, -0.05) is 48.5 Å². The van der Waals surface area contributed by atoms with Crippen LogP contribution in [0.1, 0.15) is 18.4 Å². The number of hydrogen-bond donors (Lipinski definition) is 2. The van der Waals surface area contributed by atoms with E-state index in [0.717, 1.165) is 9.87 Å². The lowest BCUT2D eigenvalue weighted by molar-refractivity contribution is -0.144. The van der Waals surface area contributed by atoms with E-state index in [4.69, 9.17) is 0 Å². The van der Waals surface area contributed by atoms with Crippen molar-refractivity contribution in [1.82, 2.24) is 9.62 Å². The lowest BCUT2D eigenvalue weighted by atomic mass is 9.99. The lowest BCUT2D eigenvalue weighted by Gasteiger charge is -2.23. The molecule has 33 heavy (non-hydrogen) atoms. The average molecular weight is 491 g/mol. The molecule has 176 valence electrons. The van der Waals surface area contributed by atoms with Gasteiger partial charge in [-0.15, -0.1) is 11.8 Å². The molecule has 0 saturated carbocycles. The lowest BCUT2D eigenvalue weighted by Crippen LogP contribution is -2.44. The monoisotopic (exact) mass is 490 g/mol. The zero-order chi connectivity index (χ0) is 23.8. The van der Waals surface area contributed by atoms with Crippen LogP contribution in [0.2, 0.25) is 0 Å². The number of sulfonamides is 1. The summed E-state index contributed by atoms with van der Waals surface area (Å²) in [6.45, 7) is -0.194. The second-order valence-corrected chi connectivity index (χ2v) is 10.6. The van der Waals surface area contributed by atoms with E-state index in [9.17, 15) is 27.9 Å². The molecule has 2 aromatic rings. The van der Waals surface area contributed by atoms with Gasteiger partial charge < -0.3 is 10.4 Å². The van der Waals surface area contributed by atoms with Gasteiger partial charge in [-0.2, -0.15) is 4.31 Å². The van der Waals surface area contributed by atoms with Crippen molar-refractivity contribution >= 4 is 39.4 Å². The number of nitrogens with one attached hydrogen (secondary N) is 1. The van der Waals surface area contributed by atoms with E-state index < -0.39 is 33.7 Å². The van der Waals surface area contributed by atoms with Gasteiger partial charge in [0.2, 0.25) is 15.9 Å². The summed E-state index contributed by atoms with van der Waals surface area (Å²) in [6, 6.07) is 16.3. The first-order chi connectivity index (χ1) is 15.8. The molecule has 1 aliphatic rings. The molecule has 0 bridgehead atoms. The first-order valence-electron chi connectivity index (χ1n) is 10.5. The van der Waals surface area contributed by atoms with Gasteiger partial charge in [0.25, 0.3) is 0 Å². The Labute approximate surface area is 197 Å². The van der Waals surface area contributed by atoms with Crippen LogP contribution in [-0.4, -0.2) is 59.7 Å². The molecule has 2 aromatic carbocycles. The summed E-state index contributed by atoms with van der Waals surface area (Å²) >= 11 is 1.31. The van der Waals surface area contributed by atoms with Crippen LogP contribution < -0.4 is 5.32 Å². The second-order valence-electron chi connectivity index (χ2n) is 7.72. The van der Waals surface area contributed by atoms with Crippen molar-refractivity contribution in [1.29, 1.82) is 0 Å². The maximum Gasteiger partial charge on any atom is 0.308 e. The van der Waals surface area contributed by atoms with Crippen LogP contribution in [0.4, 0.5) is 0 Å². The topological polar surface area (TPSA) is 121 Å². The van der Waals surface area contributed by atoms with E-state index in [2.05, 4.69) is 5.32 Å². The number of nitrogens with zero attached hydrogens (tertiary/aromatic N) is 1. The van der Waals surface area contributed by atoms with Gasteiger partial charge in [0.15, 0.2) is 5.78 Å². The van der Waals surface area contributed by atoms with Crippen molar-refractivity contribution in [2.24, 2.45) is 5.92 Å². The standard InChI is InChI=1S/C23H26N2O6S2/c26-21(20-15-32-16-25(20)33(30,31)19-9-5-2-6-10-19)13-18(23(28)29)14-24-22(27)12-11-17-7-3-1-4-8-17/h1-10,18,20H,11-16H2,(H,24,27)(H,28,29). The van der Waals surface area contributed by atoms with Gasteiger partial charge in [0, 0.05) is 25.1 Å². The van der Waals surface area contributed by atoms with Gasteiger partial charge in [-0.25, -0.2) is 8.42 Å². The van der Waals surface area contributed by atoms with Crippen molar-refractivity contribution in [3.05, 3.63) is 66.2 Å². The number of rotatable bonds is 11. The molecular weight excluding hydrogens is 464 g/mol. The summed E-state index contributed by atoms with van der Waals surface area (Å²) in [6.07, 6.45) is 0.363. The molecule has 2 unspecified atom stereocenters. The normalized spacial score (nSPS) is 17.4. The van der Waals surface area contributed by atoms with E-state index in [0.29, 0.717) is 6.42 Å². The molecule has 1 amide bonds. The first kappa shape index (κ1) is 24.9. The molecule has 1 heterocycles. The fraction of sp³-hybridized carbons (Fsp3) is 0.348. The largest absolute Gasteiger partial charge is 0.481 e. The Morgan fingerprint density at radius 3 is 2.33 bits per heavy atom. The maximum absolute atomic E-state index is 13.0. The summed E-state index contributed by atoms with van der Waals surface area (Å²) < 4.78 is 27.1. The van der Waals surface area contributed by atoms with Crippen molar-refractivity contribution in [3.8, 4) is 0 Å². The molecule has 0 spiro atoms. The van der Waals surface area contributed by atoms with Crippen LogP contribution in [-0.2, 0) is 30.8 Å². The van der Waals surface area contributed by atoms with E-state index in [1.165, 1.54) is 23.9 Å². The molecule has 0 aromatic heterocycles. The molecule has 8 nitrogen and oxygen atoms in total. The molecule has 0 aliphatic carbocycles. The predicted octanol–water partition coefficient (Wildman–Crippen LogP) is 2.16. The fourth-order valence-electron chi connectivity index (χ4n) is 3.50. The van der Waals surface area contributed by atoms with Crippen molar-refractivity contribution in [2.75, 3.05) is 18.2 Å². The number of Topliss-reactive ketones (excluding diaryl/α,β-unsaturated/α-hetero) is 1. The predicted molar refractivity (Wildman–Crippen MR) is 125 cm³/mol. The van der Waals surface area contributed by atoms with E-state index in [1.807, 2.05) is 30.3 Å². The number of carbonyl (C=O) groups excluding carboxylic acids is 2. The number of hydrogen-bond acceptors (Lipinski definition) is 6. The van der Waals surface area contributed by atoms with Gasteiger partial charge in [0.1, 0.15) is 0 Å². The molecular formula is C23H26N2O6S2. The summed E-state index contributed by atoms with van der Waals surface area (Å²) in [5.41, 5.74) is 0.996. The number of carboxylic acid groups (broad SMARTS) is 1. The number of aryl methyl sites for hydroxylation is 1. The number of amides is 1. The Morgan fingerprint density at radius 2 is 1.70 bits per heavy atom. The smallest absolute Gasteiger partial charge is 0.308 e. The highest BCUT2D eigenvalue weighted by atomic mass is 32.2. The van der Waals surface area contributed by atoms with E-state index in [1.54, 1.807) is 18.2 Å². The SMILES string of the molecule is O=C(CCc1ccccc1)NCC(CC(=O)C1CSCN1S(=O)(=O)c1ccccc1)C(=O)O. The first-order valence-corrected chi connectivity index (χ1v) is 13.1. The third-order valence-corrected chi connectivity index (χ3v) is 8.43. The van der Waals surface area contributed by atoms with Gasteiger partial charge in [-0.05, 0) is 24.1 Å². The minimum Gasteiger partial charge on any atom is -0.481 e. The van der Waals surface area contributed by atoms with Crippen molar-refractivity contribution in [3.63, 3.8) is 0 Å². The summed E-state index contributed by atoms with van der Waals surface area (Å²) in [4.78, 5) is 36.8. The third-order valence-electron chi connectivity index (χ3n) is 5.39. The molecule has 0 radical (unpaired) electrons. The molecule has 2 atom stereocenters. The highest BCUT2D eigenvalue weighted by Gasteiger charge is 2.40. The minimum absolute atomic E-state index is 0.0887. The van der Waals surface area contributed by atoms with Crippen LogP contribution in [0.5, 0.6) is 0 Å². The summed E-state index contributed by atoms with van der Waals surface area (Å²) in [5, 5.41) is 12.1. The highest BCUT2D eigenvalue weighted by molar-refractivity contribution is 8.00. The van der Waals surface area contributed by atoms with Gasteiger partial charge in [0.05, 0.1) is 22.7 Å². The Kier molecular flexibility index (Phi) is 8.65. The Balaban J connectivity index is 1.58.